The van der Waals surface area contributed by atoms with E-state index >= 15 is 0 Å². The number of anilines is 1. The van der Waals surface area contributed by atoms with Gasteiger partial charge in [0, 0.05) is 23.8 Å². The molecule has 1 aliphatic heterocycles. The molecule has 0 fully saturated rings. The summed E-state index contributed by atoms with van der Waals surface area (Å²) in [6.07, 6.45) is 0.661. The highest BCUT2D eigenvalue weighted by Gasteiger charge is 2.28. The molecule has 3 aromatic rings. The van der Waals surface area contributed by atoms with E-state index in [-0.39, 0.29) is 24.2 Å². The Labute approximate surface area is 174 Å². The Morgan fingerprint density at radius 3 is 2.73 bits per heavy atom. The Morgan fingerprint density at radius 2 is 1.97 bits per heavy atom. The van der Waals surface area contributed by atoms with Gasteiger partial charge in [0.1, 0.15) is 17.3 Å². The van der Waals surface area contributed by atoms with E-state index in [1.165, 1.54) is 0 Å². The molecular formula is C23H24N4O3. The first-order chi connectivity index (χ1) is 14.5. The molecule has 7 heteroatoms. The summed E-state index contributed by atoms with van der Waals surface area (Å²) in [7, 11) is 1.64. The van der Waals surface area contributed by atoms with Crippen LogP contribution in [-0.2, 0) is 17.6 Å². The van der Waals surface area contributed by atoms with Gasteiger partial charge in [0.05, 0.1) is 13.5 Å². The molecule has 2 amide bonds. The van der Waals surface area contributed by atoms with Crippen LogP contribution in [0.15, 0.2) is 48.5 Å². The standard InChI is InChI=1S/C23H24N4O3/c1-14-7-9-16(10-8-14)25-21(28)12-20-26-18-11-15(13-24-23(29)22(18)27-20)17-5-3-4-6-19(17)30-2/h3-10,15H,11-13H2,1-2H3,(H,24,29)(H,25,28)(H,26,27)/t15-/m0/s1. The zero-order valence-electron chi connectivity index (χ0n) is 17.0. The largest absolute Gasteiger partial charge is 0.496 e. The summed E-state index contributed by atoms with van der Waals surface area (Å²) in [6.45, 7) is 2.48. The summed E-state index contributed by atoms with van der Waals surface area (Å²) in [5, 5.41) is 5.79. The number of H-pyrrole nitrogens is 1. The minimum absolute atomic E-state index is 0.0426. The molecule has 1 aromatic heterocycles. The molecule has 0 aliphatic carbocycles. The Morgan fingerprint density at radius 1 is 1.20 bits per heavy atom. The van der Waals surface area contributed by atoms with Crippen LogP contribution in [-0.4, -0.2) is 35.4 Å². The molecule has 30 heavy (non-hydrogen) atoms. The number of para-hydroxylation sites is 1. The van der Waals surface area contributed by atoms with Gasteiger partial charge in [0.15, 0.2) is 0 Å². The number of rotatable bonds is 5. The van der Waals surface area contributed by atoms with E-state index in [9.17, 15) is 9.59 Å². The molecular weight excluding hydrogens is 380 g/mol. The van der Waals surface area contributed by atoms with Crippen LogP contribution in [0, 0.1) is 6.92 Å². The van der Waals surface area contributed by atoms with Crippen molar-refractivity contribution in [1.29, 1.82) is 0 Å². The van der Waals surface area contributed by atoms with Gasteiger partial charge in [0.25, 0.3) is 5.91 Å². The second-order valence-electron chi connectivity index (χ2n) is 7.45. The van der Waals surface area contributed by atoms with Crippen LogP contribution in [0.25, 0.3) is 0 Å². The third kappa shape index (κ3) is 4.20. The van der Waals surface area contributed by atoms with Gasteiger partial charge in [-0.3, -0.25) is 9.59 Å². The number of fused-ring (bicyclic) bond motifs is 1. The molecule has 0 unspecified atom stereocenters. The maximum Gasteiger partial charge on any atom is 0.271 e. The van der Waals surface area contributed by atoms with Crippen molar-refractivity contribution in [1.82, 2.24) is 15.3 Å². The Kier molecular flexibility index (Phi) is 5.52. The highest BCUT2D eigenvalue weighted by molar-refractivity contribution is 5.95. The summed E-state index contributed by atoms with van der Waals surface area (Å²) in [5.74, 6) is 0.882. The third-order valence-corrected chi connectivity index (χ3v) is 5.24. The van der Waals surface area contributed by atoms with Gasteiger partial charge >= 0.3 is 0 Å². The molecule has 0 saturated carbocycles. The normalized spacial score (nSPS) is 15.7. The summed E-state index contributed by atoms with van der Waals surface area (Å²) < 4.78 is 5.48. The number of aromatic nitrogens is 2. The average Bonchev–Trinajstić information content (AvgIpc) is 3.07. The fourth-order valence-corrected chi connectivity index (χ4v) is 3.72. The fourth-order valence-electron chi connectivity index (χ4n) is 3.72. The lowest BCUT2D eigenvalue weighted by Crippen LogP contribution is -2.26. The van der Waals surface area contributed by atoms with Gasteiger partial charge in [0.2, 0.25) is 5.91 Å². The Bertz CT molecular complexity index is 1070. The van der Waals surface area contributed by atoms with Crippen molar-refractivity contribution in [2.45, 2.75) is 25.7 Å². The summed E-state index contributed by atoms with van der Waals surface area (Å²) in [4.78, 5) is 32.5. The molecule has 3 N–H and O–H groups in total. The second kappa shape index (κ2) is 8.41. The second-order valence-corrected chi connectivity index (χ2v) is 7.45. The molecule has 7 nitrogen and oxygen atoms in total. The number of nitrogens with zero attached hydrogens (tertiary/aromatic N) is 1. The first kappa shape index (κ1) is 19.7. The number of methoxy groups -OCH3 is 1. The fraction of sp³-hybridized carbons (Fsp3) is 0.261. The lowest BCUT2D eigenvalue weighted by atomic mass is 9.93. The number of hydrogen-bond acceptors (Lipinski definition) is 4. The Hall–Kier alpha value is -3.61. The van der Waals surface area contributed by atoms with Crippen LogP contribution in [0.1, 0.15) is 39.1 Å². The first-order valence-electron chi connectivity index (χ1n) is 9.89. The molecule has 0 radical (unpaired) electrons. The minimum Gasteiger partial charge on any atom is -0.496 e. The van der Waals surface area contributed by atoms with Crippen molar-refractivity contribution in [3.63, 3.8) is 0 Å². The predicted octanol–water partition coefficient (Wildman–Crippen LogP) is 2.98. The number of benzene rings is 2. The van der Waals surface area contributed by atoms with Gasteiger partial charge in [-0.05, 0) is 37.1 Å². The number of aryl methyl sites for hydroxylation is 1. The van der Waals surface area contributed by atoms with E-state index in [1.807, 2.05) is 55.5 Å². The van der Waals surface area contributed by atoms with Gasteiger partial charge in [-0.15, -0.1) is 0 Å². The number of aromatic amines is 1. The summed E-state index contributed by atoms with van der Waals surface area (Å²) >= 11 is 0. The van der Waals surface area contributed by atoms with Gasteiger partial charge in [-0.25, -0.2) is 4.98 Å². The number of nitrogens with one attached hydrogen (secondary N) is 3. The van der Waals surface area contributed by atoms with E-state index in [2.05, 4.69) is 20.6 Å². The molecule has 1 aliphatic rings. The molecule has 0 spiro atoms. The number of imidazole rings is 1. The molecule has 0 saturated heterocycles. The maximum absolute atomic E-state index is 12.5. The quantitative estimate of drug-likeness (QED) is 0.609. The van der Waals surface area contributed by atoms with Crippen molar-refractivity contribution in [2.24, 2.45) is 0 Å². The van der Waals surface area contributed by atoms with Crippen molar-refractivity contribution in [3.8, 4) is 5.75 Å². The van der Waals surface area contributed by atoms with Crippen molar-refractivity contribution in [3.05, 3.63) is 76.9 Å². The lowest BCUT2D eigenvalue weighted by molar-refractivity contribution is -0.115. The topological polar surface area (TPSA) is 96.1 Å². The average molecular weight is 404 g/mol. The number of carbonyl (C=O) groups is 2. The highest BCUT2D eigenvalue weighted by atomic mass is 16.5. The van der Waals surface area contributed by atoms with E-state index in [4.69, 9.17) is 4.74 Å². The first-order valence-corrected chi connectivity index (χ1v) is 9.89. The predicted molar refractivity (Wildman–Crippen MR) is 114 cm³/mol. The molecule has 2 aromatic carbocycles. The Balaban J connectivity index is 1.51. The van der Waals surface area contributed by atoms with Crippen LogP contribution in [0.5, 0.6) is 5.75 Å². The summed E-state index contributed by atoms with van der Waals surface area (Å²) in [5.41, 5.74) is 3.97. The SMILES string of the molecule is COc1ccccc1[C@@H]1CNC(=O)c2nc(CC(=O)Nc3ccc(C)cc3)[nH]c2C1. The van der Waals surface area contributed by atoms with Crippen LogP contribution in [0.2, 0.25) is 0 Å². The molecule has 1 atom stereocenters. The van der Waals surface area contributed by atoms with Crippen LogP contribution >= 0.6 is 0 Å². The van der Waals surface area contributed by atoms with E-state index in [0.717, 1.165) is 28.3 Å². The minimum atomic E-state index is -0.233. The van der Waals surface area contributed by atoms with E-state index < -0.39 is 0 Å². The van der Waals surface area contributed by atoms with E-state index in [0.29, 0.717) is 24.5 Å². The number of carbonyl (C=O) groups excluding carboxylic acids is 2. The number of ether oxygens (including phenoxy) is 1. The van der Waals surface area contributed by atoms with E-state index in [1.54, 1.807) is 7.11 Å². The third-order valence-electron chi connectivity index (χ3n) is 5.24. The zero-order chi connectivity index (χ0) is 21.1. The number of amides is 2. The molecule has 4 rings (SSSR count). The maximum atomic E-state index is 12.5. The monoisotopic (exact) mass is 404 g/mol. The van der Waals surface area contributed by atoms with Crippen LogP contribution in [0.4, 0.5) is 5.69 Å². The zero-order valence-corrected chi connectivity index (χ0v) is 17.0. The van der Waals surface area contributed by atoms with Crippen LogP contribution in [0.3, 0.4) is 0 Å². The summed E-state index contributed by atoms with van der Waals surface area (Å²) in [6, 6.07) is 15.4. The van der Waals surface area contributed by atoms with Gasteiger partial charge in [-0.2, -0.15) is 0 Å². The molecule has 2 heterocycles. The smallest absolute Gasteiger partial charge is 0.271 e. The highest BCUT2D eigenvalue weighted by Crippen LogP contribution is 2.30. The molecule has 154 valence electrons. The van der Waals surface area contributed by atoms with Gasteiger partial charge < -0.3 is 20.4 Å². The molecule has 0 bridgehead atoms. The van der Waals surface area contributed by atoms with Crippen molar-refractivity contribution >= 4 is 17.5 Å². The van der Waals surface area contributed by atoms with Crippen molar-refractivity contribution in [2.75, 3.05) is 19.0 Å². The van der Waals surface area contributed by atoms with Crippen LogP contribution < -0.4 is 15.4 Å². The number of hydrogen-bond donors (Lipinski definition) is 3. The van der Waals surface area contributed by atoms with Gasteiger partial charge in [-0.1, -0.05) is 35.9 Å². The van der Waals surface area contributed by atoms with Crippen molar-refractivity contribution < 1.29 is 14.3 Å². The lowest BCUT2D eigenvalue weighted by Gasteiger charge is -2.17.